The van der Waals surface area contributed by atoms with Crippen molar-refractivity contribution in [2.24, 2.45) is 0 Å². The van der Waals surface area contributed by atoms with Gasteiger partial charge in [-0.3, -0.25) is 9.89 Å². The molecular weight excluding hydrogens is 230 g/mol. The van der Waals surface area contributed by atoms with E-state index >= 15 is 0 Å². The first kappa shape index (κ1) is 10.8. The van der Waals surface area contributed by atoms with Crippen molar-refractivity contribution in [2.75, 3.05) is 6.61 Å². The van der Waals surface area contributed by atoms with Gasteiger partial charge in [0.05, 0.1) is 12.6 Å². The van der Waals surface area contributed by atoms with Crippen molar-refractivity contribution in [3.05, 3.63) is 47.8 Å². The average Bonchev–Trinajstić information content (AvgIpc) is 2.93. The van der Waals surface area contributed by atoms with Crippen LogP contribution in [0, 0.1) is 0 Å². The number of nitrogens with one attached hydrogen (secondary N) is 2. The molecule has 1 amide bonds. The lowest BCUT2D eigenvalue weighted by molar-refractivity contribution is 0.0919. The van der Waals surface area contributed by atoms with Gasteiger partial charge < -0.3 is 10.1 Å². The molecule has 92 valence electrons. The molecule has 0 saturated heterocycles. The maximum Gasteiger partial charge on any atom is 0.269 e. The first-order valence-corrected chi connectivity index (χ1v) is 5.86. The number of carbonyl (C=O) groups excluding carboxylic acids is 1. The number of aromatic nitrogens is 2. The van der Waals surface area contributed by atoms with Gasteiger partial charge in [-0.2, -0.15) is 5.10 Å². The Morgan fingerprint density at radius 2 is 2.28 bits per heavy atom. The highest BCUT2D eigenvalue weighted by molar-refractivity contribution is 5.92. The van der Waals surface area contributed by atoms with E-state index < -0.39 is 0 Å². The van der Waals surface area contributed by atoms with Crippen LogP contribution in [-0.4, -0.2) is 22.7 Å². The minimum atomic E-state index is -0.144. The van der Waals surface area contributed by atoms with Crippen molar-refractivity contribution in [1.82, 2.24) is 15.5 Å². The fraction of sp³-hybridized carbons (Fsp3) is 0.231. The summed E-state index contributed by atoms with van der Waals surface area (Å²) >= 11 is 0. The SMILES string of the molecule is O=C(N[C@H]1CCOc2ccccc21)c1ccn[nH]1. The Kier molecular flexibility index (Phi) is 2.72. The van der Waals surface area contributed by atoms with Crippen molar-refractivity contribution >= 4 is 5.91 Å². The Labute approximate surface area is 104 Å². The van der Waals surface area contributed by atoms with Crippen LogP contribution in [0.3, 0.4) is 0 Å². The fourth-order valence-electron chi connectivity index (χ4n) is 2.11. The van der Waals surface area contributed by atoms with Crippen LogP contribution in [0.5, 0.6) is 5.75 Å². The summed E-state index contributed by atoms with van der Waals surface area (Å²) in [6.07, 6.45) is 2.34. The second-order valence-corrected chi connectivity index (χ2v) is 4.17. The molecule has 0 bridgehead atoms. The third-order valence-electron chi connectivity index (χ3n) is 3.01. The highest BCUT2D eigenvalue weighted by atomic mass is 16.5. The van der Waals surface area contributed by atoms with Gasteiger partial charge in [-0.05, 0) is 12.1 Å². The Hall–Kier alpha value is -2.30. The fourth-order valence-corrected chi connectivity index (χ4v) is 2.11. The van der Waals surface area contributed by atoms with Gasteiger partial charge in [0.2, 0.25) is 0 Å². The number of rotatable bonds is 2. The maximum absolute atomic E-state index is 12.0. The lowest BCUT2D eigenvalue weighted by atomic mass is 10.0. The average molecular weight is 243 g/mol. The molecule has 1 aliphatic heterocycles. The van der Waals surface area contributed by atoms with Crippen LogP contribution in [0.1, 0.15) is 28.5 Å². The van der Waals surface area contributed by atoms with E-state index in [-0.39, 0.29) is 11.9 Å². The molecule has 0 saturated carbocycles. The Bertz CT molecular complexity index is 551. The van der Waals surface area contributed by atoms with Crippen LogP contribution in [0.25, 0.3) is 0 Å². The molecule has 5 nitrogen and oxygen atoms in total. The standard InChI is InChI=1S/C13H13N3O2/c17-13(11-5-7-14-16-11)15-10-6-8-18-12-4-2-1-3-9(10)12/h1-5,7,10H,6,8H2,(H,14,16)(H,15,17)/t10-/m0/s1. The van der Waals surface area contributed by atoms with Gasteiger partial charge >= 0.3 is 0 Å². The van der Waals surface area contributed by atoms with Crippen LogP contribution in [0.15, 0.2) is 36.5 Å². The highest BCUT2D eigenvalue weighted by Crippen LogP contribution is 2.31. The van der Waals surface area contributed by atoms with Gasteiger partial charge in [0.1, 0.15) is 11.4 Å². The molecule has 2 heterocycles. The summed E-state index contributed by atoms with van der Waals surface area (Å²) in [4.78, 5) is 12.0. The van der Waals surface area contributed by atoms with E-state index in [4.69, 9.17) is 4.74 Å². The minimum Gasteiger partial charge on any atom is -0.493 e. The molecule has 2 aromatic rings. The quantitative estimate of drug-likeness (QED) is 0.843. The zero-order valence-corrected chi connectivity index (χ0v) is 9.72. The molecule has 5 heteroatoms. The summed E-state index contributed by atoms with van der Waals surface area (Å²) in [6.45, 7) is 0.616. The van der Waals surface area contributed by atoms with Gasteiger partial charge in [0, 0.05) is 18.2 Å². The molecule has 1 aliphatic rings. The summed E-state index contributed by atoms with van der Waals surface area (Å²) in [5, 5.41) is 9.41. The first-order chi connectivity index (χ1) is 8.84. The maximum atomic E-state index is 12.0. The van der Waals surface area contributed by atoms with Gasteiger partial charge in [0.25, 0.3) is 5.91 Å². The van der Waals surface area contributed by atoms with Crippen LogP contribution < -0.4 is 10.1 Å². The molecule has 3 rings (SSSR count). The van der Waals surface area contributed by atoms with Crippen LogP contribution in [-0.2, 0) is 0 Å². The number of carbonyl (C=O) groups is 1. The van der Waals surface area contributed by atoms with E-state index in [1.54, 1.807) is 12.3 Å². The van der Waals surface area contributed by atoms with E-state index in [2.05, 4.69) is 15.5 Å². The second-order valence-electron chi connectivity index (χ2n) is 4.17. The molecule has 0 spiro atoms. The minimum absolute atomic E-state index is 0.00856. The van der Waals surface area contributed by atoms with Crippen molar-refractivity contribution < 1.29 is 9.53 Å². The molecular formula is C13H13N3O2. The highest BCUT2D eigenvalue weighted by Gasteiger charge is 2.23. The largest absolute Gasteiger partial charge is 0.493 e. The molecule has 1 aromatic heterocycles. The summed E-state index contributed by atoms with van der Waals surface area (Å²) in [5.41, 5.74) is 1.50. The van der Waals surface area contributed by atoms with E-state index in [0.29, 0.717) is 12.3 Å². The summed E-state index contributed by atoms with van der Waals surface area (Å²) < 4.78 is 5.55. The van der Waals surface area contributed by atoms with Gasteiger partial charge in [-0.15, -0.1) is 0 Å². The van der Waals surface area contributed by atoms with Crippen molar-refractivity contribution in [3.63, 3.8) is 0 Å². The van der Waals surface area contributed by atoms with Crippen molar-refractivity contribution in [3.8, 4) is 5.75 Å². The zero-order chi connectivity index (χ0) is 12.4. The molecule has 0 unspecified atom stereocenters. The number of hydrogen-bond acceptors (Lipinski definition) is 3. The lowest BCUT2D eigenvalue weighted by Gasteiger charge is -2.26. The third kappa shape index (κ3) is 1.95. The van der Waals surface area contributed by atoms with E-state index in [0.717, 1.165) is 17.7 Å². The van der Waals surface area contributed by atoms with Gasteiger partial charge in [-0.1, -0.05) is 18.2 Å². The summed E-state index contributed by atoms with van der Waals surface area (Å²) in [5.74, 6) is 0.702. The zero-order valence-electron chi connectivity index (χ0n) is 9.72. The smallest absolute Gasteiger partial charge is 0.269 e. The molecule has 1 atom stereocenters. The van der Waals surface area contributed by atoms with E-state index in [9.17, 15) is 4.79 Å². The molecule has 18 heavy (non-hydrogen) atoms. The second kappa shape index (κ2) is 4.52. The predicted molar refractivity (Wildman–Crippen MR) is 65.3 cm³/mol. The van der Waals surface area contributed by atoms with Crippen LogP contribution in [0.4, 0.5) is 0 Å². The third-order valence-corrected chi connectivity index (χ3v) is 3.01. The first-order valence-electron chi connectivity index (χ1n) is 5.86. The molecule has 2 N–H and O–H groups in total. The Balaban J connectivity index is 1.80. The number of para-hydroxylation sites is 1. The van der Waals surface area contributed by atoms with E-state index in [1.165, 1.54) is 0 Å². The number of benzene rings is 1. The van der Waals surface area contributed by atoms with E-state index in [1.807, 2.05) is 24.3 Å². The van der Waals surface area contributed by atoms with Gasteiger partial charge in [0.15, 0.2) is 0 Å². The Morgan fingerprint density at radius 3 is 3.11 bits per heavy atom. The number of nitrogens with zero attached hydrogens (tertiary/aromatic N) is 1. The van der Waals surface area contributed by atoms with Crippen LogP contribution in [0.2, 0.25) is 0 Å². The number of amides is 1. The van der Waals surface area contributed by atoms with Crippen LogP contribution >= 0.6 is 0 Å². The number of ether oxygens (including phenoxy) is 1. The number of H-pyrrole nitrogens is 1. The lowest BCUT2D eigenvalue weighted by Crippen LogP contribution is -2.32. The molecule has 0 aliphatic carbocycles. The summed E-state index contributed by atoms with van der Waals surface area (Å²) in [7, 11) is 0. The number of hydrogen-bond donors (Lipinski definition) is 2. The number of fused-ring (bicyclic) bond motifs is 1. The van der Waals surface area contributed by atoms with Crippen molar-refractivity contribution in [1.29, 1.82) is 0 Å². The van der Waals surface area contributed by atoms with Gasteiger partial charge in [-0.25, -0.2) is 0 Å². The Morgan fingerprint density at radius 1 is 1.39 bits per heavy atom. The molecule has 0 radical (unpaired) electrons. The monoisotopic (exact) mass is 243 g/mol. The molecule has 0 fully saturated rings. The molecule has 1 aromatic carbocycles. The van der Waals surface area contributed by atoms with Crippen molar-refractivity contribution in [2.45, 2.75) is 12.5 Å². The predicted octanol–water partition coefficient (Wildman–Crippen LogP) is 1.66. The normalized spacial score (nSPS) is 17.7. The number of aromatic amines is 1. The summed E-state index contributed by atoms with van der Waals surface area (Å²) in [6, 6.07) is 9.42. The topological polar surface area (TPSA) is 67.0 Å².